The van der Waals surface area contributed by atoms with Crippen molar-refractivity contribution in [1.29, 1.82) is 0 Å². The molecule has 1 saturated heterocycles. The Morgan fingerprint density at radius 1 is 1.53 bits per heavy atom. The van der Waals surface area contributed by atoms with E-state index in [9.17, 15) is 0 Å². The van der Waals surface area contributed by atoms with E-state index in [0.29, 0.717) is 18.4 Å². The monoisotopic (exact) mass is 227 g/mol. The summed E-state index contributed by atoms with van der Waals surface area (Å²) < 4.78 is 11.0. The minimum absolute atomic E-state index is 0.228. The fourth-order valence-electron chi connectivity index (χ4n) is 1.57. The molecule has 2 rings (SSSR count). The Morgan fingerprint density at radius 3 is 3.20 bits per heavy atom. The summed E-state index contributed by atoms with van der Waals surface area (Å²) in [6.45, 7) is 1.43. The number of pyridine rings is 1. The van der Waals surface area contributed by atoms with Gasteiger partial charge >= 0.3 is 0 Å². The Bertz CT molecular complexity index is 313. The Labute approximate surface area is 94.4 Å². The molecule has 1 unspecified atom stereocenters. The Kier molecular flexibility index (Phi) is 3.80. The maximum Gasteiger partial charge on any atom is 0.213 e. The van der Waals surface area contributed by atoms with Crippen LogP contribution in [0.5, 0.6) is 5.88 Å². The number of aromatic nitrogens is 1. The van der Waals surface area contributed by atoms with E-state index in [4.69, 9.17) is 21.1 Å². The quantitative estimate of drug-likeness (QED) is 0.741. The average molecular weight is 228 g/mol. The molecule has 1 fully saturated rings. The van der Waals surface area contributed by atoms with Crippen molar-refractivity contribution in [2.75, 3.05) is 13.2 Å². The van der Waals surface area contributed by atoms with Crippen LogP contribution in [0.2, 0.25) is 0 Å². The summed E-state index contributed by atoms with van der Waals surface area (Å²) in [5.74, 6) is 1.04. The van der Waals surface area contributed by atoms with Crippen molar-refractivity contribution in [1.82, 2.24) is 4.98 Å². The van der Waals surface area contributed by atoms with Crippen molar-refractivity contribution in [2.24, 2.45) is 0 Å². The van der Waals surface area contributed by atoms with Gasteiger partial charge in [-0.2, -0.15) is 0 Å². The summed E-state index contributed by atoms with van der Waals surface area (Å²) in [5.41, 5.74) is 0.835. The second kappa shape index (κ2) is 5.33. The standard InChI is InChI=1S/C11H14ClNO2/c12-7-9-3-1-5-11(13-9)15-8-10-4-2-6-14-10/h1,3,5,10H,2,4,6-8H2. The van der Waals surface area contributed by atoms with Gasteiger partial charge in [-0.1, -0.05) is 6.07 Å². The van der Waals surface area contributed by atoms with Gasteiger partial charge in [-0.05, 0) is 18.9 Å². The van der Waals surface area contributed by atoms with E-state index in [2.05, 4.69) is 4.98 Å². The molecule has 0 spiro atoms. The lowest BCUT2D eigenvalue weighted by atomic mass is 10.2. The maximum absolute atomic E-state index is 5.68. The van der Waals surface area contributed by atoms with Crippen LogP contribution in [-0.2, 0) is 10.6 Å². The highest BCUT2D eigenvalue weighted by Gasteiger charge is 2.16. The Morgan fingerprint density at radius 2 is 2.47 bits per heavy atom. The van der Waals surface area contributed by atoms with Crippen molar-refractivity contribution in [3.8, 4) is 5.88 Å². The first-order valence-corrected chi connectivity index (χ1v) is 5.68. The van der Waals surface area contributed by atoms with Crippen LogP contribution in [0.1, 0.15) is 18.5 Å². The Balaban J connectivity index is 1.86. The molecule has 15 heavy (non-hydrogen) atoms. The van der Waals surface area contributed by atoms with Crippen LogP contribution in [0, 0.1) is 0 Å². The number of rotatable bonds is 4. The van der Waals surface area contributed by atoms with Gasteiger partial charge in [0.05, 0.1) is 17.7 Å². The van der Waals surface area contributed by atoms with Crippen molar-refractivity contribution in [3.05, 3.63) is 23.9 Å². The molecule has 0 amide bonds. The van der Waals surface area contributed by atoms with E-state index >= 15 is 0 Å². The summed E-state index contributed by atoms with van der Waals surface area (Å²) in [5, 5.41) is 0. The molecule has 2 heterocycles. The summed E-state index contributed by atoms with van der Waals surface area (Å²) >= 11 is 5.68. The molecule has 1 aromatic rings. The topological polar surface area (TPSA) is 31.4 Å². The molecular formula is C11H14ClNO2. The molecule has 1 aliphatic heterocycles. The number of halogens is 1. The third kappa shape index (κ3) is 3.08. The van der Waals surface area contributed by atoms with Crippen molar-refractivity contribution in [2.45, 2.75) is 24.8 Å². The highest BCUT2D eigenvalue weighted by molar-refractivity contribution is 6.16. The van der Waals surface area contributed by atoms with Crippen LogP contribution in [0.3, 0.4) is 0 Å². The largest absolute Gasteiger partial charge is 0.475 e. The predicted molar refractivity (Wildman–Crippen MR) is 58.3 cm³/mol. The van der Waals surface area contributed by atoms with E-state index in [0.717, 1.165) is 25.1 Å². The van der Waals surface area contributed by atoms with Crippen LogP contribution in [-0.4, -0.2) is 24.3 Å². The molecule has 0 N–H and O–H groups in total. The third-order valence-corrected chi connectivity index (χ3v) is 2.63. The third-order valence-electron chi connectivity index (χ3n) is 2.36. The van der Waals surface area contributed by atoms with Crippen molar-refractivity contribution >= 4 is 11.6 Å². The zero-order valence-corrected chi connectivity index (χ0v) is 9.24. The smallest absolute Gasteiger partial charge is 0.213 e. The number of hydrogen-bond acceptors (Lipinski definition) is 3. The number of ether oxygens (including phenoxy) is 2. The molecule has 0 bridgehead atoms. The second-order valence-corrected chi connectivity index (χ2v) is 3.81. The lowest BCUT2D eigenvalue weighted by Crippen LogP contribution is -2.16. The van der Waals surface area contributed by atoms with E-state index in [-0.39, 0.29) is 6.10 Å². The molecule has 4 heteroatoms. The molecule has 0 aromatic carbocycles. The first-order valence-electron chi connectivity index (χ1n) is 5.15. The van der Waals surface area contributed by atoms with Crippen molar-refractivity contribution in [3.63, 3.8) is 0 Å². The van der Waals surface area contributed by atoms with Crippen LogP contribution in [0.15, 0.2) is 18.2 Å². The summed E-state index contributed by atoms with van der Waals surface area (Å²) in [6, 6.07) is 5.62. The van der Waals surface area contributed by atoms with E-state index in [1.165, 1.54) is 0 Å². The number of hydrogen-bond donors (Lipinski definition) is 0. The van der Waals surface area contributed by atoms with Gasteiger partial charge < -0.3 is 9.47 Å². The highest BCUT2D eigenvalue weighted by atomic mass is 35.5. The van der Waals surface area contributed by atoms with Gasteiger partial charge in [0, 0.05) is 12.7 Å². The molecule has 0 aliphatic carbocycles. The molecule has 1 aromatic heterocycles. The van der Waals surface area contributed by atoms with Gasteiger partial charge in [-0.3, -0.25) is 0 Å². The molecule has 0 radical (unpaired) electrons. The fraction of sp³-hybridized carbons (Fsp3) is 0.545. The number of nitrogens with zero attached hydrogens (tertiary/aromatic N) is 1. The molecular weight excluding hydrogens is 214 g/mol. The summed E-state index contributed by atoms with van der Waals surface area (Å²) in [7, 11) is 0. The van der Waals surface area contributed by atoms with Gasteiger partial charge in [0.15, 0.2) is 0 Å². The number of alkyl halides is 1. The first kappa shape index (κ1) is 10.7. The zero-order chi connectivity index (χ0) is 10.5. The fourth-order valence-corrected chi connectivity index (χ4v) is 1.72. The van der Waals surface area contributed by atoms with E-state index < -0.39 is 0 Å². The average Bonchev–Trinajstić information content (AvgIpc) is 2.79. The van der Waals surface area contributed by atoms with E-state index in [1.54, 1.807) is 0 Å². The lowest BCUT2D eigenvalue weighted by molar-refractivity contribution is 0.0663. The van der Waals surface area contributed by atoms with Crippen molar-refractivity contribution < 1.29 is 9.47 Å². The van der Waals surface area contributed by atoms with Gasteiger partial charge in [-0.15, -0.1) is 11.6 Å². The van der Waals surface area contributed by atoms with Crippen LogP contribution in [0.25, 0.3) is 0 Å². The van der Waals surface area contributed by atoms with Gasteiger partial charge in [-0.25, -0.2) is 4.98 Å². The van der Waals surface area contributed by atoms with Crippen LogP contribution >= 0.6 is 11.6 Å². The minimum atomic E-state index is 0.228. The SMILES string of the molecule is ClCc1cccc(OCC2CCCO2)n1. The van der Waals surface area contributed by atoms with E-state index in [1.807, 2.05) is 18.2 Å². The Hall–Kier alpha value is -0.800. The van der Waals surface area contributed by atoms with Gasteiger partial charge in [0.2, 0.25) is 5.88 Å². The van der Waals surface area contributed by atoms with Gasteiger partial charge in [0.1, 0.15) is 6.61 Å². The van der Waals surface area contributed by atoms with Crippen LogP contribution < -0.4 is 4.74 Å². The first-order chi connectivity index (χ1) is 7.38. The zero-order valence-electron chi connectivity index (χ0n) is 8.49. The molecule has 0 saturated carbocycles. The predicted octanol–water partition coefficient (Wildman–Crippen LogP) is 2.38. The molecule has 3 nitrogen and oxygen atoms in total. The summed E-state index contributed by atoms with van der Waals surface area (Å²) in [4.78, 5) is 4.24. The summed E-state index contributed by atoms with van der Waals surface area (Å²) in [6.07, 6.45) is 2.43. The van der Waals surface area contributed by atoms with Crippen LogP contribution in [0.4, 0.5) is 0 Å². The normalized spacial score (nSPS) is 20.5. The molecule has 1 atom stereocenters. The molecule has 1 aliphatic rings. The minimum Gasteiger partial charge on any atom is -0.475 e. The highest BCUT2D eigenvalue weighted by Crippen LogP contribution is 2.14. The lowest BCUT2D eigenvalue weighted by Gasteiger charge is -2.10. The van der Waals surface area contributed by atoms with Gasteiger partial charge in [0.25, 0.3) is 0 Å². The molecule has 82 valence electrons. The second-order valence-electron chi connectivity index (χ2n) is 3.55. The maximum atomic E-state index is 5.68.